The molecule has 1 heterocycles. The molecular weight excluding hydrogens is 378 g/mol. The molecule has 5 nitrogen and oxygen atoms in total. The zero-order chi connectivity index (χ0) is 19.4. The highest BCUT2D eigenvalue weighted by molar-refractivity contribution is 6.31. The van der Waals surface area contributed by atoms with Crippen LogP contribution in [0.3, 0.4) is 0 Å². The lowest BCUT2D eigenvalue weighted by Gasteiger charge is -2.08. The third-order valence-electron chi connectivity index (χ3n) is 3.61. The molecule has 3 rings (SSSR count). The van der Waals surface area contributed by atoms with Crippen molar-refractivity contribution in [2.24, 2.45) is 0 Å². The van der Waals surface area contributed by atoms with Crippen LogP contribution in [0, 0.1) is 11.6 Å². The van der Waals surface area contributed by atoms with Gasteiger partial charge in [0.15, 0.2) is 5.75 Å². The van der Waals surface area contributed by atoms with Gasteiger partial charge in [-0.1, -0.05) is 23.7 Å². The second-order valence-electron chi connectivity index (χ2n) is 5.57. The molecule has 3 aromatic rings. The predicted molar refractivity (Wildman–Crippen MR) is 97.2 cm³/mol. The number of aromatic amines is 1. The van der Waals surface area contributed by atoms with Gasteiger partial charge < -0.3 is 15.0 Å². The maximum absolute atomic E-state index is 13.1. The third kappa shape index (κ3) is 4.71. The van der Waals surface area contributed by atoms with Gasteiger partial charge in [-0.25, -0.2) is 8.78 Å². The fraction of sp³-hybridized carbons (Fsp3) is 0.0526. The standard InChI is InChI=1S/C19H13ClF2N2O3/c20-14-7-13(5-6-15(14)22)24-19(26)16-8-17(25)18(9-23-16)27-10-11-1-3-12(21)4-2-11/h1-9H,10H2,(H,23,25)(H,24,26). The van der Waals surface area contributed by atoms with Crippen LogP contribution in [0.1, 0.15) is 16.1 Å². The first-order chi connectivity index (χ1) is 12.9. The van der Waals surface area contributed by atoms with Crippen molar-refractivity contribution in [3.05, 3.63) is 92.9 Å². The SMILES string of the molecule is O=C(Nc1ccc(F)c(Cl)c1)c1cc(=O)c(OCc2ccc(F)cc2)c[nH]1. The summed E-state index contributed by atoms with van der Waals surface area (Å²) in [5.41, 5.74) is 0.461. The number of nitrogens with one attached hydrogen (secondary N) is 2. The lowest BCUT2D eigenvalue weighted by atomic mass is 10.2. The normalized spacial score (nSPS) is 10.5. The average molecular weight is 391 g/mol. The van der Waals surface area contributed by atoms with Gasteiger partial charge in [0.05, 0.1) is 5.02 Å². The van der Waals surface area contributed by atoms with Crippen LogP contribution in [0.4, 0.5) is 14.5 Å². The first-order valence-corrected chi connectivity index (χ1v) is 8.16. The summed E-state index contributed by atoms with van der Waals surface area (Å²) >= 11 is 5.66. The Labute approximate surface area is 157 Å². The lowest BCUT2D eigenvalue weighted by Crippen LogP contribution is -2.17. The average Bonchev–Trinajstić information content (AvgIpc) is 2.65. The van der Waals surface area contributed by atoms with Crippen molar-refractivity contribution >= 4 is 23.2 Å². The van der Waals surface area contributed by atoms with E-state index in [1.54, 1.807) is 12.1 Å². The van der Waals surface area contributed by atoms with Crippen LogP contribution >= 0.6 is 11.6 Å². The summed E-state index contributed by atoms with van der Waals surface area (Å²) < 4.78 is 31.4. The van der Waals surface area contributed by atoms with Crippen LogP contribution in [0.2, 0.25) is 5.02 Å². The maximum atomic E-state index is 13.1. The van der Waals surface area contributed by atoms with E-state index in [0.29, 0.717) is 5.56 Å². The number of carbonyl (C=O) groups is 1. The van der Waals surface area contributed by atoms with E-state index in [-0.39, 0.29) is 34.6 Å². The third-order valence-corrected chi connectivity index (χ3v) is 3.90. The first-order valence-electron chi connectivity index (χ1n) is 7.79. The summed E-state index contributed by atoms with van der Waals surface area (Å²) in [4.78, 5) is 27.0. The number of rotatable bonds is 5. The minimum absolute atomic E-state index is 0.00502. The van der Waals surface area contributed by atoms with Crippen molar-refractivity contribution in [1.82, 2.24) is 4.98 Å². The molecule has 0 fully saturated rings. The Morgan fingerprint density at radius 3 is 2.52 bits per heavy atom. The molecule has 1 aromatic heterocycles. The van der Waals surface area contributed by atoms with Crippen LogP contribution in [-0.4, -0.2) is 10.9 Å². The maximum Gasteiger partial charge on any atom is 0.272 e. The molecule has 2 aromatic carbocycles. The molecule has 8 heteroatoms. The van der Waals surface area contributed by atoms with Gasteiger partial charge in [-0.05, 0) is 35.9 Å². The number of hydrogen-bond acceptors (Lipinski definition) is 3. The van der Waals surface area contributed by atoms with Crippen LogP contribution < -0.4 is 15.5 Å². The van der Waals surface area contributed by atoms with Crippen molar-refractivity contribution in [2.45, 2.75) is 6.61 Å². The minimum Gasteiger partial charge on any atom is -0.483 e. The molecular formula is C19H13ClF2N2O3. The molecule has 0 bridgehead atoms. The number of benzene rings is 2. The van der Waals surface area contributed by atoms with Gasteiger partial charge in [-0.2, -0.15) is 0 Å². The molecule has 0 unspecified atom stereocenters. The topological polar surface area (TPSA) is 71.2 Å². The van der Waals surface area contributed by atoms with Crippen molar-refractivity contribution in [1.29, 1.82) is 0 Å². The van der Waals surface area contributed by atoms with Gasteiger partial charge in [0.2, 0.25) is 5.43 Å². The smallest absolute Gasteiger partial charge is 0.272 e. The molecule has 1 amide bonds. The molecule has 0 aliphatic heterocycles. The Balaban J connectivity index is 1.68. The Bertz CT molecular complexity index is 1040. The second kappa shape index (κ2) is 8.01. The molecule has 0 spiro atoms. The Morgan fingerprint density at radius 1 is 1.11 bits per heavy atom. The molecule has 0 saturated heterocycles. The van der Waals surface area contributed by atoms with Crippen molar-refractivity contribution < 1.29 is 18.3 Å². The monoisotopic (exact) mass is 390 g/mol. The van der Waals surface area contributed by atoms with E-state index < -0.39 is 17.2 Å². The molecule has 2 N–H and O–H groups in total. The number of ether oxygens (including phenoxy) is 1. The minimum atomic E-state index is -0.606. The molecule has 138 valence electrons. The predicted octanol–water partition coefficient (Wildman–Crippen LogP) is 4.14. The van der Waals surface area contributed by atoms with Gasteiger partial charge in [0.1, 0.15) is 23.9 Å². The zero-order valence-corrected chi connectivity index (χ0v) is 14.5. The number of amides is 1. The second-order valence-corrected chi connectivity index (χ2v) is 5.98. The lowest BCUT2D eigenvalue weighted by molar-refractivity contribution is 0.102. The number of hydrogen-bond donors (Lipinski definition) is 2. The molecule has 0 aliphatic rings. The van der Waals surface area contributed by atoms with Crippen molar-refractivity contribution in [2.75, 3.05) is 5.32 Å². The van der Waals surface area contributed by atoms with E-state index in [0.717, 1.165) is 12.1 Å². The van der Waals surface area contributed by atoms with Crippen LogP contribution in [0.25, 0.3) is 0 Å². The number of halogens is 3. The van der Waals surface area contributed by atoms with Gasteiger partial charge in [0, 0.05) is 18.0 Å². The molecule has 0 atom stereocenters. The Kier molecular flexibility index (Phi) is 5.52. The first kappa shape index (κ1) is 18.6. The van der Waals surface area contributed by atoms with E-state index in [4.69, 9.17) is 16.3 Å². The Hall–Kier alpha value is -3.19. The Morgan fingerprint density at radius 2 is 1.85 bits per heavy atom. The summed E-state index contributed by atoms with van der Waals surface area (Å²) in [5, 5.41) is 2.37. The number of pyridine rings is 1. The largest absolute Gasteiger partial charge is 0.483 e. The van der Waals surface area contributed by atoms with E-state index >= 15 is 0 Å². The van der Waals surface area contributed by atoms with Crippen molar-refractivity contribution in [3.63, 3.8) is 0 Å². The molecule has 27 heavy (non-hydrogen) atoms. The summed E-state index contributed by atoms with van der Waals surface area (Å²) in [6.07, 6.45) is 1.26. The van der Waals surface area contributed by atoms with Gasteiger partial charge in [-0.15, -0.1) is 0 Å². The highest BCUT2D eigenvalue weighted by Crippen LogP contribution is 2.19. The van der Waals surface area contributed by atoms with E-state index in [2.05, 4.69) is 10.3 Å². The number of anilines is 1. The number of aromatic nitrogens is 1. The number of H-pyrrole nitrogens is 1. The quantitative estimate of drug-likeness (QED) is 0.688. The zero-order valence-electron chi connectivity index (χ0n) is 13.8. The summed E-state index contributed by atoms with van der Waals surface area (Å²) in [6.45, 7) is 0.0724. The molecule has 0 radical (unpaired) electrons. The van der Waals surface area contributed by atoms with E-state index in [9.17, 15) is 18.4 Å². The van der Waals surface area contributed by atoms with Gasteiger partial charge >= 0.3 is 0 Å². The van der Waals surface area contributed by atoms with Crippen LogP contribution in [0.5, 0.6) is 5.75 Å². The van der Waals surface area contributed by atoms with Gasteiger partial charge in [-0.3, -0.25) is 9.59 Å². The fourth-order valence-corrected chi connectivity index (χ4v) is 2.40. The van der Waals surface area contributed by atoms with E-state index in [1.807, 2.05) is 0 Å². The highest BCUT2D eigenvalue weighted by atomic mass is 35.5. The van der Waals surface area contributed by atoms with Gasteiger partial charge in [0.25, 0.3) is 5.91 Å². The molecule has 0 aliphatic carbocycles. The van der Waals surface area contributed by atoms with E-state index in [1.165, 1.54) is 30.5 Å². The summed E-state index contributed by atoms with van der Waals surface area (Å²) in [7, 11) is 0. The molecule has 0 saturated carbocycles. The summed E-state index contributed by atoms with van der Waals surface area (Å²) in [5.74, 6) is -1.55. The highest BCUT2D eigenvalue weighted by Gasteiger charge is 2.11. The number of carbonyl (C=O) groups excluding carboxylic acids is 1. The fourth-order valence-electron chi connectivity index (χ4n) is 2.22. The summed E-state index contributed by atoms with van der Waals surface area (Å²) in [6, 6.07) is 10.5. The van der Waals surface area contributed by atoms with Crippen molar-refractivity contribution in [3.8, 4) is 5.75 Å². The van der Waals surface area contributed by atoms with Crippen LogP contribution in [0.15, 0.2) is 59.5 Å². The van der Waals surface area contributed by atoms with Crippen LogP contribution in [-0.2, 0) is 6.61 Å².